The number of Topliss-reactive ketones (excluding diaryl/α,β-unsaturated/α-hetero) is 1. The molecule has 0 radical (unpaired) electrons. The van der Waals surface area contributed by atoms with Crippen LogP contribution in [0.25, 0.3) is 0 Å². The predicted molar refractivity (Wildman–Crippen MR) is 140 cm³/mol. The molecule has 1 fully saturated rings. The van der Waals surface area contributed by atoms with Crippen LogP contribution < -0.4 is 0 Å². The lowest BCUT2D eigenvalue weighted by atomic mass is 9.53. The number of ketones is 1. The summed E-state index contributed by atoms with van der Waals surface area (Å²) in [5.74, 6) is -2.41. The van der Waals surface area contributed by atoms with Crippen LogP contribution >= 0.6 is 0 Å². The molecule has 4 N–H and O–H groups in total. The maximum absolute atomic E-state index is 13.4. The van der Waals surface area contributed by atoms with E-state index in [0.717, 1.165) is 18.4 Å². The molecule has 0 spiro atoms. The van der Waals surface area contributed by atoms with Crippen LogP contribution in [-0.4, -0.2) is 44.9 Å². The van der Waals surface area contributed by atoms with Gasteiger partial charge in [0.2, 0.25) is 5.78 Å². The summed E-state index contributed by atoms with van der Waals surface area (Å²) in [6, 6.07) is 1.46. The summed E-state index contributed by atoms with van der Waals surface area (Å²) in [7, 11) is 0. The van der Waals surface area contributed by atoms with Crippen LogP contribution in [0.2, 0.25) is 0 Å². The smallest absolute Gasteiger partial charge is 0.333 e. The number of allylic oxidation sites excluding steroid dienone is 3. The van der Waals surface area contributed by atoms with E-state index in [2.05, 4.69) is 6.58 Å². The average Bonchev–Trinajstić information content (AvgIpc) is 2.85. The second-order valence-corrected chi connectivity index (χ2v) is 11.8. The van der Waals surface area contributed by atoms with Gasteiger partial charge in [0, 0.05) is 45.6 Å². The van der Waals surface area contributed by atoms with E-state index in [1.54, 1.807) is 6.92 Å². The van der Waals surface area contributed by atoms with E-state index in [1.165, 1.54) is 6.07 Å². The SMILES string of the molecule is C=C(C)C1CC=C(C(=O)O[C@H]2CC[C@@]3(C)C(=C(O)C(=O)c4cc(C(C)CO)c(O)c(O)c43)C2(C)C)CC1. The van der Waals surface area contributed by atoms with E-state index in [9.17, 15) is 30.0 Å². The third-order valence-electron chi connectivity index (χ3n) is 8.88. The second-order valence-electron chi connectivity index (χ2n) is 11.8. The lowest BCUT2D eigenvalue weighted by Crippen LogP contribution is -2.51. The van der Waals surface area contributed by atoms with Crippen LogP contribution in [0.5, 0.6) is 11.5 Å². The van der Waals surface area contributed by atoms with Gasteiger partial charge >= 0.3 is 5.97 Å². The quantitative estimate of drug-likeness (QED) is 0.234. The van der Waals surface area contributed by atoms with Gasteiger partial charge in [-0.2, -0.15) is 0 Å². The number of hydrogen-bond acceptors (Lipinski definition) is 7. The molecular weight excluding hydrogens is 472 g/mol. The molecule has 4 atom stereocenters. The molecule has 1 saturated carbocycles. The lowest BCUT2D eigenvalue weighted by molar-refractivity contribution is -0.152. The highest BCUT2D eigenvalue weighted by Gasteiger charge is 2.56. The fourth-order valence-corrected chi connectivity index (χ4v) is 6.60. The standard InChI is InChI=1S/C30H38O7/c1-15(2)17-7-9-18(10-8-17)28(36)37-21-11-12-30(6)22-20(24(33)26(35)27(30)29(21,4)5)13-19(16(3)14-31)23(32)25(22)34/h9,13,16-17,21,31-32,34-35H,1,7-8,10-12,14H2,2-6H3/t16?,17?,21-,30+/m0/s1. The molecule has 0 heterocycles. The van der Waals surface area contributed by atoms with Gasteiger partial charge in [-0.05, 0) is 56.6 Å². The Labute approximate surface area is 218 Å². The molecule has 7 heteroatoms. The number of fused-ring (bicyclic) bond motifs is 3. The van der Waals surface area contributed by atoms with Crippen molar-refractivity contribution in [2.75, 3.05) is 6.61 Å². The Morgan fingerprint density at radius 3 is 2.43 bits per heavy atom. The Morgan fingerprint density at radius 2 is 1.86 bits per heavy atom. The molecule has 3 aliphatic rings. The van der Waals surface area contributed by atoms with Crippen molar-refractivity contribution in [2.45, 2.75) is 84.2 Å². The summed E-state index contributed by atoms with van der Waals surface area (Å²) >= 11 is 0. The largest absolute Gasteiger partial charge is 0.504 e. The van der Waals surface area contributed by atoms with Crippen molar-refractivity contribution in [2.24, 2.45) is 11.3 Å². The van der Waals surface area contributed by atoms with Crippen molar-refractivity contribution in [3.8, 4) is 11.5 Å². The van der Waals surface area contributed by atoms with Crippen LogP contribution in [0.15, 0.2) is 41.2 Å². The van der Waals surface area contributed by atoms with Gasteiger partial charge in [-0.25, -0.2) is 4.79 Å². The molecule has 3 aliphatic carbocycles. The van der Waals surface area contributed by atoms with E-state index in [4.69, 9.17) is 4.74 Å². The first kappa shape index (κ1) is 27.0. The molecule has 1 aromatic rings. The number of benzene rings is 1. The Morgan fingerprint density at radius 1 is 1.19 bits per heavy atom. The Hall–Kier alpha value is -3.06. The maximum Gasteiger partial charge on any atom is 0.333 e. The molecule has 0 aromatic heterocycles. The number of ether oxygens (including phenoxy) is 1. The summed E-state index contributed by atoms with van der Waals surface area (Å²) in [6.07, 6.45) is 4.37. The normalized spacial score (nSPS) is 27.6. The summed E-state index contributed by atoms with van der Waals surface area (Å²) in [6.45, 7) is 12.9. The fourth-order valence-electron chi connectivity index (χ4n) is 6.60. The van der Waals surface area contributed by atoms with E-state index in [-0.39, 0.29) is 35.0 Å². The Kier molecular flexibility index (Phi) is 6.82. The van der Waals surface area contributed by atoms with Gasteiger partial charge in [0.25, 0.3) is 0 Å². The average molecular weight is 511 g/mol. The van der Waals surface area contributed by atoms with Gasteiger partial charge in [-0.15, -0.1) is 0 Å². The van der Waals surface area contributed by atoms with Crippen LogP contribution in [0.3, 0.4) is 0 Å². The minimum absolute atomic E-state index is 0.111. The zero-order chi connectivity index (χ0) is 27.4. The third-order valence-corrected chi connectivity index (χ3v) is 8.88. The molecule has 1 aromatic carbocycles. The van der Waals surface area contributed by atoms with Gasteiger partial charge < -0.3 is 25.2 Å². The summed E-state index contributed by atoms with van der Waals surface area (Å²) in [4.78, 5) is 26.5. The molecule has 200 valence electrons. The molecule has 4 rings (SSSR count). The van der Waals surface area contributed by atoms with Crippen LogP contribution in [0.1, 0.15) is 94.1 Å². The van der Waals surface area contributed by atoms with Crippen molar-refractivity contribution in [3.05, 3.63) is 57.9 Å². The number of aliphatic hydroxyl groups excluding tert-OH is 2. The fraction of sp³-hybridized carbons (Fsp3) is 0.533. The number of hydrogen-bond donors (Lipinski definition) is 4. The molecular formula is C30H38O7. The molecule has 0 aliphatic heterocycles. The topological polar surface area (TPSA) is 124 Å². The minimum atomic E-state index is -0.971. The first-order valence-electron chi connectivity index (χ1n) is 13.0. The molecule has 0 bridgehead atoms. The zero-order valence-corrected chi connectivity index (χ0v) is 22.4. The van der Waals surface area contributed by atoms with Crippen molar-refractivity contribution < 1.29 is 34.8 Å². The molecule has 0 amide bonds. The number of carbonyl (C=O) groups excluding carboxylic acids is 2. The van der Waals surface area contributed by atoms with Gasteiger partial charge in [-0.3, -0.25) is 4.79 Å². The van der Waals surface area contributed by atoms with E-state index >= 15 is 0 Å². The third kappa shape index (κ3) is 4.17. The van der Waals surface area contributed by atoms with Crippen LogP contribution in [0.4, 0.5) is 0 Å². The maximum atomic E-state index is 13.4. The first-order valence-corrected chi connectivity index (χ1v) is 13.0. The Bertz CT molecular complexity index is 1230. The molecule has 37 heavy (non-hydrogen) atoms. The number of aromatic hydroxyl groups is 2. The second kappa shape index (κ2) is 9.35. The lowest BCUT2D eigenvalue weighted by Gasteiger charge is -2.52. The van der Waals surface area contributed by atoms with Crippen molar-refractivity contribution in [1.82, 2.24) is 0 Å². The number of phenols is 2. The summed E-state index contributed by atoms with van der Waals surface area (Å²) in [5, 5.41) is 42.7. The van der Waals surface area contributed by atoms with Crippen molar-refractivity contribution in [3.63, 3.8) is 0 Å². The number of rotatable bonds is 5. The van der Waals surface area contributed by atoms with Crippen molar-refractivity contribution >= 4 is 11.8 Å². The number of carbonyl (C=O) groups is 2. The minimum Gasteiger partial charge on any atom is -0.504 e. The molecule has 0 saturated heterocycles. The van der Waals surface area contributed by atoms with Gasteiger partial charge in [-0.1, -0.05) is 45.9 Å². The number of aliphatic hydroxyl groups is 2. The summed E-state index contributed by atoms with van der Waals surface area (Å²) in [5.41, 5.74) is 0.847. The van der Waals surface area contributed by atoms with Crippen molar-refractivity contribution in [1.29, 1.82) is 0 Å². The highest BCUT2D eigenvalue weighted by Crippen LogP contribution is 2.60. The highest BCUT2D eigenvalue weighted by atomic mass is 16.5. The van der Waals surface area contributed by atoms with Gasteiger partial charge in [0.15, 0.2) is 17.3 Å². The van der Waals surface area contributed by atoms with E-state index in [0.29, 0.717) is 36.3 Å². The van der Waals surface area contributed by atoms with Gasteiger partial charge in [0.05, 0.1) is 0 Å². The Balaban J connectivity index is 1.71. The van der Waals surface area contributed by atoms with Gasteiger partial charge in [0.1, 0.15) is 6.10 Å². The summed E-state index contributed by atoms with van der Waals surface area (Å²) < 4.78 is 6.00. The number of phenolic OH excluding ortho intramolecular Hbond substituents is 2. The molecule has 7 nitrogen and oxygen atoms in total. The van der Waals surface area contributed by atoms with Crippen LogP contribution in [-0.2, 0) is 14.9 Å². The highest BCUT2D eigenvalue weighted by molar-refractivity contribution is 6.11. The van der Waals surface area contributed by atoms with E-state index < -0.39 is 40.1 Å². The predicted octanol–water partition coefficient (Wildman–Crippen LogP) is 5.49. The monoisotopic (exact) mass is 510 g/mol. The zero-order valence-electron chi connectivity index (χ0n) is 22.4. The van der Waals surface area contributed by atoms with Crippen LogP contribution in [0, 0.1) is 11.3 Å². The van der Waals surface area contributed by atoms with E-state index in [1.807, 2.05) is 33.8 Å². The number of esters is 1. The first-order chi connectivity index (χ1) is 17.2. The molecule has 2 unspecified atom stereocenters.